The van der Waals surface area contributed by atoms with Crippen LogP contribution in [0.2, 0.25) is 20.1 Å². The topological polar surface area (TPSA) is 78.8 Å². The predicted molar refractivity (Wildman–Crippen MR) is 130 cm³/mol. The number of halogens is 4. The molecule has 3 aromatic rings. The van der Waals surface area contributed by atoms with Crippen molar-refractivity contribution >= 4 is 74.2 Å². The first-order chi connectivity index (χ1) is 15.2. The van der Waals surface area contributed by atoms with E-state index in [2.05, 4.69) is 10.5 Å². The third-order valence-electron chi connectivity index (χ3n) is 4.17. The summed E-state index contributed by atoms with van der Waals surface area (Å²) in [6.45, 7) is -0.557. The molecule has 1 amide bonds. The highest BCUT2D eigenvalue weighted by atomic mass is 35.5. The van der Waals surface area contributed by atoms with Gasteiger partial charge in [0, 0.05) is 15.6 Å². The van der Waals surface area contributed by atoms with E-state index in [1.165, 1.54) is 42.6 Å². The fourth-order valence-electron chi connectivity index (χ4n) is 2.65. The molecule has 0 aliphatic carbocycles. The number of benzene rings is 3. The SMILES string of the molecule is O=C(CN(c1cccc(Cl)c1)S(=O)(=O)c1ccc(Cl)cc1)N/N=C\c1c(Cl)cccc1Cl. The molecule has 166 valence electrons. The number of nitrogens with zero attached hydrogens (tertiary/aromatic N) is 2. The number of carbonyl (C=O) groups is 1. The number of anilines is 1. The van der Waals surface area contributed by atoms with E-state index >= 15 is 0 Å². The molecule has 0 radical (unpaired) electrons. The van der Waals surface area contributed by atoms with Gasteiger partial charge in [-0.3, -0.25) is 9.10 Å². The predicted octanol–water partition coefficient (Wildman–Crippen LogP) is 5.65. The highest BCUT2D eigenvalue weighted by molar-refractivity contribution is 7.92. The van der Waals surface area contributed by atoms with Crippen molar-refractivity contribution < 1.29 is 13.2 Å². The summed E-state index contributed by atoms with van der Waals surface area (Å²) in [7, 11) is -4.11. The second kappa shape index (κ2) is 10.6. The van der Waals surface area contributed by atoms with Gasteiger partial charge >= 0.3 is 0 Å². The van der Waals surface area contributed by atoms with Crippen molar-refractivity contribution in [2.75, 3.05) is 10.8 Å². The van der Waals surface area contributed by atoms with Crippen molar-refractivity contribution in [2.45, 2.75) is 4.90 Å². The Morgan fingerprint density at radius 3 is 2.16 bits per heavy atom. The lowest BCUT2D eigenvalue weighted by atomic mass is 10.2. The number of rotatable bonds is 7. The number of hydrazone groups is 1. The molecule has 3 rings (SSSR count). The third-order valence-corrected chi connectivity index (χ3v) is 7.10. The zero-order valence-corrected chi connectivity index (χ0v) is 20.0. The Balaban J connectivity index is 1.87. The number of amides is 1. The van der Waals surface area contributed by atoms with Crippen LogP contribution in [-0.2, 0) is 14.8 Å². The lowest BCUT2D eigenvalue weighted by molar-refractivity contribution is -0.119. The maximum atomic E-state index is 13.3. The van der Waals surface area contributed by atoms with Gasteiger partial charge in [0.2, 0.25) is 0 Å². The Bertz CT molecular complexity index is 1250. The monoisotopic (exact) mass is 529 g/mol. The summed E-state index contributed by atoms with van der Waals surface area (Å²) < 4.78 is 27.4. The standard InChI is InChI=1S/C21H15Cl4N3O3S/c22-14-7-9-17(10-8-14)32(30,31)28(16-4-1-3-15(23)11-16)13-21(29)27-26-12-18-19(24)5-2-6-20(18)25/h1-12H,13H2,(H,27,29)/b26-12-. The molecule has 11 heteroatoms. The number of sulfonamides is 1. The molecular weight excluding hydrogens is 516 g/mol. The average Bonchev–Trinajstić information content (AvgIpc) is 2.74. The first kappa shape index (κ1) is 24.4. The molecule has 1 N–H and O–H groups in total. The average molecular weight is 531 g/mol. The van der Waals surface area contributed by atoms with Crippen molar-refractivity contribution in [3.63, 3.8) is 0 Å². The lowest BCUT2D eigenvalue weighted by Crippen LogP contribution is -2.39. The van der Waals surface area contributed by atoms with Crippen molar-refractivity contribution in [1.82, 2.24) is 5.43 Å². The summed E-state index contributed by atoms with van der Waals surface area (Å²) in [5.74, 6) is -0.693. The van der Waals surface area contributed by atoms with Crippen LogP contribution in [-0.4, -0.2) is 27.1 Å². The van der Waals surface area contributed by atoms with Crippen LogP contribution in [0, 0.1) is 0 Å². The molecule has 6 nitrogen and oxygen atoms in total. The van der Waals surface area contributed by atoms with Crippen molar-refractivity contribution in [3.8, 4) is 0 Å². The summed E-state index contributed by atoms with van der Waals surface area (Å²) in [5.41, 5.74) is 2.91. The summed E-state index contributed by atoms with van der Waals surface area (Å²) in [4.78, 5) is 12.5. The van der Waals surface area contributed by atoms with Crippen LogP contribution in [0.25, 0.3) is 0 Å². The Kier molecular flexibility index (Phi) is 8.03. The van der Waals surface area contributed by atoms with Crippen molar-refractivity contribution in [3.05, 3.63) is 92.4 Å². The fourth-order valence-corrected chi connectivity index (χ4v) is 4.87. The highest BCUT2D eigenvalue weighted by Gasteiger charge is 2.27. The molecule has 0 spiro atoms. The first-order valence-corrected chi connectivity index (χ1v) is 11.9. The van der Waals surface area contributed by atoms with E-state index in [-0.39, 0.29) is 10.6 Å². The summed E-state index contributed by atoms with van der Waals surface area (Å²) >= 11 is 24.0. The van der Waals surface area contributed by atoms with E-state index in [4.69, 9.17) is 46.4 Å². The lowest BCUT2D eigenvalue weighted by Gasteiger charge is -2.23. The zero-order valence-electron chi connectivity index (χ0n) is 16.2. The van der Waals surface area contributed by atoms with Crippen LogP contribution in [0.5, 0.6) is 0 Å². The van der Waals surface area contributed by atoms with Gasteiger partial charge in [0.15, 0.2) is 0 Å². The van der Waals surface area contributed by atoms with Crippen LogP contribution in [0.15, 0.2) is 76.7 Å². The molecule has 0 saturated heterocycles. The Labute approximate surface area is 205 Å². The molecule has 0 aliphatic rings. The quantitative estimate of drug-likeness (QED) is 0.317. The molecule has 0 aromatic heterocycles. The van der Waals surface area contributed by atoms with Crippen LogP contribution in [0.1, 0.15) is 5.56 Å². The minimum Gasteiger partial charge on any atom is -0.271 e. The van der Waals surface area contributed by atoms with Crippen LogP contribution >= 0.6 is 46.4 Å². The van der Waals surface area contributed by atoms with E-state index < -0.39 is 22.5 Å². The van der Waals surface area contributed by atoms with E-state index in [1.54, 1.807) is 30.3 Å². The van der Waals surface area contributed by atoms with E-state index in [9.17, 15) is 13.2 Å². The normalized spacial score (nSPS) is 11.5. The molecule has 0 saturated carbocycles. The van der Waals surface area contributed by atoms with Gasteiger partial charge in [0.05, 0.1) is 26.8 Å². The highest BCUT2D eigenvalue weighted by Crippen LogP contribution is 2.27. The number of hydrogen-bond donors (Lipinski definition) is 1. The van der Waals surface area contributed by atoms with Gasteiger partial charge in [-0.25, -0.2) is 13.8 Å². The van der Waals surface area contributed by atoms with Gasteiger partial charge in [0.25, 0.3) is 15.9 Å². The largest absolute Gasteiger partial charge is 0.271 e. The van der Waals surface area contributed by atoms with Crippen LogP contribution in [0.3, 0.4) is 0 Å². The molecule has 0 heterocycles. The fraction of sp³-hybridized carbons (Fsp3) is 0.0476. The van der Waals surface area contributed by atoms with Gasteiger partial charge < -0.3 is 0 Å². The van der Waals surface area contributed by atoms with Crippen LogP contribution < -0.4 is 9.73 Å². The third kappa shape index (κ3) is 5.94. The number of carbonyl (C=O) groups excluding carboxylic acids is 1. The Morgan fingerprint density at radius 1 is 0.906 bits per heavy atom. The molecular formula is C21H15Cl4N3O3S. The van der Waals surface area contributed by atoms with Crippen LogP contribution in [0.4, 0.5) is 5.69 Å². The molecule has 32 heavy (non-hydrogen) atoms. The Hall–Kier alpha value is -2.29. The Morgan fingerprint density at radius 2 is 1.53 bits per heavy atom. The molecule has 0 fully saturated rings. The summed E-state index contributed by atoms with van der Waals surface area (Å²) in [6, 6.07) is 16.7. The molecule has 0 atom stereocenters. The minimum atomic E-state index is -4.11. The van der Waals surface area contributed by atoms with Crippen molar-refractivity contribution in [2.24, 2.45) is 5.10 Å². The second-order valence-corrected chi connectivity index (χ2v) is 9.92. The van der Waals surface area contributed by atoms with Gasteiger partial charge in [-0.15, -0.1) is 0 Å². The maximum Gasteiger partial charge on any atom is 0.264 e. The molecule has 0 unspecified atom stereocenters. The first-order valence-electron chi connectivity index (χ1n) is 8.98. The molecule has 0 bridgehead atoms. The number of hydrogen-bond acceptors (Lipinski definition) is 4. The van der Waals surface area contributed by atoms with Gasteiger partial charge in [-0.1, -0.05) is 58.5 Å². The maximum absolute atomic E-state index is 13.3. The molecule has 0 aliphatic heterocycles. The second-order valence-electron chi connectivity index (χ2n) is 6.37. The van der Waals surface area contributed by atoms with Gasteiger partial charge in [-0.2, -0.15) is 5.10 Å². The zero-order chi connectivity index (χ0) is 23.3. The summed E-state index contributed by atoms with van der Waals surface area (Å²) in [5, 5.41) is 5.22. The van der Waals surface area contributed by atoms with E-state index in [1.807, 2.05) is 0 Å². The van der Waals surface area contributed by atoms with Crippen molar-refractivity contribution in [1.29, 1.82) is 0 Å². The number of nitrogens with one attached hydrogen (secondary N) is 1. The van der Waals surface area contributed by atoms with E-state index in [0.29, 0.717) is 25.7 Å². The van der Waals surface area contributed by atoms with Gasteiger partial charge in [-0.05, 0) is 54.6 Å². The minimum absolute atomic E-state index is 0.0407. The smallest absolute Gasteiger partial charge is 0.264 e. The van der Waals surface area contributed by atoms with E-state index in [0.717, 1.165) is 4.31 Å². The molecule has 3 aromatic carbocycles. The summed E-state index contributed by atoms with van der Waals surface area (Å²) in [6.07, 6.45) is 1.28. The van der Waals surface area contributed by atoms with Gasteiger partial charge in [0.1, 0.15) is 6.54 Å².